The fourth-order valence-electron chi connectivity index (χ4n) is 1.89. The van der Waals surface area contributed by atoms with E-state index in [9.17, 15) is 0 Å². The van der Waals surface area contributed by atoms with Crippen molar-refractivity contribution in [2.75, 3.05) is 6.61 Å². The molecule has 1 aliphatic rings. The third-order valence-corrected chi connectivity index (χ3v) is 2.74. The summed E-state index contributed by atoms with van der Waals surface area (Å²) in [7, 11) is 0. The summed E-state index contributed by atoms with van der Waals surface area (Å²) in [5.41, 5.74) is 3.60. The summed E-state index contributed by atoms with van der Waals surface area (Å²) in [4.78, 5) is 4.49. The lowest BCUT2D eigenvalue weighted by atomic mass is 10.1. The van der Waals surface area contributed by atoms with E-state index in [1.807, 2.05) is 30.3 Å². The van der Waals surface area contributed by atoms with Gasteiger partial charge in [0.2, 0.25) is 0 Å². The maximum absolute atomic E-state index is 5.51. The van der Waals surface area contributed by atoms with Crippen LogP contribution in [-0.4, -0.2) is 18.5 Å². The molecular formula is C12H17N3O. The first-order valence-corrected chi connectivity index (χ1v) is 5.51. The molecule has 0 spiro atoms. The van der Waals surface area contributed by atoms with E-state index in [1.165, 1.54) is 0 Å². The van der Waals surface area contributed by atoms with Crippen LogP contribution in [0.1, 0.15) is 13.3 Å². The van der Waals surface area contributed by atoms with Crippen LogP contribution in [0.15, 0.2) is 35.3 Å². The smallest absolute Gasteiger partial charge is 0.122 e. The molecule has 0 bridgehead atoms. The number of nitrogens with one attached hydrogen (secondary N) is 1. The van der Waals surface area contributed by atoms with Crippen LogP contribution in [-0.2, 0) is 4.74 Å². The second-order valence-electron chi connectivity index (χ2n) is 4.05. The van der Waals surface area contributed by atoms with Gasteiger partial charge in [0.05, 0.1) is 18.4 Å². The molecule has 16 heavy (non-hydrogen) atoms. The Hall–Kier alpha value is -1.39. The molecule has 1 aliphatic heterocycles. The average Bonchev–Trinajstić information content (AvgIpc) is 2.74. The molecule has 0 aromatic heterocycles. The van der Waals surface area contributed by atoms with Gasteiger partial charge in [-0.2, -0.15) is 0 Å². The van der Waals surface area contributed by atoms with E-state index in [1.54, 1.807) is 0 Å². The molecule has 0 saturated carbocycles. The van der Waals surface area contributed by atoms with Gasteiger partial charge >= 0.3 is 0 Å². The van der Waals surface area contributed by atoms with E-state index < -0.39 is 0 Å². The Labute approximate surface area is 95.5 Å². The Bertz CT molecular complexity index is 364. The predicted octanol–water partition coefficient (Wildman–Crippen LogP) is 1.60. The standard InChI is InChI=1S/C12H17N3O/c1-9-7-10(8-16-9)12(15-13)14-11-5-3-2-4-6-11/h2-6,9-10H,7-8,13H2,1H3,(H,14,15). The van der Waals surface area contributed by atoms with E-state index >= 15 is 0 Å². The van der Waals surface area contributed by atoms with Crippen LogP contribution in [0.2, 0.25) is 0 Å². The van der Waals surface area contributed by atoms with Crippen molar-refractivity contribution in [2.45, 2.75) is 19.4 Å². The van der Waals surface area contributed by atoms with Crippen molar-refractivity contribution in [3.8, 4) is 0 Å². The summed E-state index contributed by atoms with van der Waals surface area (Å²) in [6.07, 6.45) is 1.26. The normalized spacial score (nSPS) is 25.8. The zero-order valence-corrected chi connectivity index (χ0v) is 9.39. The van der Waals surface area contributed by atoms with Gasteiger partial charge < -0.3 is 10.2 Å². The van der Waals surface area contributed by atoms with Crippen molar-refractivity contribution in [3.63, 3.8) is 0 Å². The Morgan fingerprint density at radius 2 is 2.19 bits per heavy atom. The van der Waals surface area contributed by atoms with Crippen molar-refractivity contribution < 1.29 is 4.74 Å². The Morgan fingerprint density at radius 3 is 2.75 bits per heavy atom. The molecule has 1 saturated heterocycles. The first kappa shape index (κ1) is 11.1. The zero-order chi connectivity index (χ0) is 11.4. The summed E-state index contributed by atoms with van der Waals surface area (Å²) in [6.45, 7) is 2.76. The number of aliphatic imine (C=N–C) groups is 1. The molecule has 2 rings (SSSR count). The van der Waals surface area contributed by atoms with Gasteiger partial charge in [0.15, 0.2) is 0 Å². The monoisotopic (exact) mass is 219 g/mol. The lowest BCUT2D eigenvalue weighted by Crippen LogP contribution is -2.36. The maximum atomic E-state index is 5.51. The first-order chi connectivity index (χ1) is 7.79. The number of nitrogens with two attached hydrogens (primary N) is 1. The fourth-order valence-corrected chi connectivity index (χ4v) is 1.89. The molecule has 0 aliphatic carbocycles. The van der Waals surface area contributed by atoms with Crippen LogP contribution in [0.4, 0.5) is 5.69 Å². The molecule has 86 valence electrons. The zero-order valence-electron chi connectivity index (χ0n) is 9.39. The minimum absolute atomic E-state index is 0.278. The number of hydrogen-bond donors (Lipinski definition) is 2. The maximum Gasteiger partial charge on any atom is 0.122 e. The van der Waals surface area contributed by atoms with E-state index in [4.69, 9.17) is 10.6 Å². The number of ether oxygens (including phenoxy) is 1. The summed E-state index contributed by atoms with van der Waals surface area (Å²) in [5.74, 6) is 6.59. The summed E-state index contributed by atoms with van der Waals surface area (Å²) in [5, 5.41) is 0. The van der Waals surface area contributed by atoms with E-state index in [0.29, 0.717) is 12.7 Å². The molecule has 1 heterocycles. The van der Waals surface area contributed by atoms with Crippen LogP contribution in [0, 0.1) is 5.92 Å². The second kappa shape index (κ2) is 5.09. The second-order valence-corrected chi connectivity index (χ2v) is 4.05. The quantitative estimate of drug-likeness (QED) is 0.344. The van der Waals surface area contributed by atoms with Crippen molar-refractivity contribution in [2.24, 2.45) is 16.8 Å². The average molecular weight is 219 g/mol. The minimum Gasteiger partial charge on any atom is -0.378 e. The highest BCUT2D eigenvalue weighted by molar-refractivity contribution is 5.86. The summed E-state index contributed by atoms with van der Waals surface area (Å²) >= 11 is 0. The Kier molecular flexibility index (Phi) is 3.54. The Morgan fingerprint density at radius 1 is 1.44 bits per heavy atom. The van der Waals surface area contributed by atoms with Gasteiger partial charge in [0.1, 0.15) is 5.84 Å². The predicted molar refractivity (Wildman–Crippen MR) is 64.4 cm³/mol. The van der Waals surface area contributed by atoms with Crippen LogP contribution in [0.25, 0.3) is 0 Å². The molecule has 2 atom stereocenters. The molecule has 0 radical (unpaired) electrons. The van der Waals surface area contributed by atoms with E-state index in [0.717, 1.165) is 17.9 Å². The van der Waals surface area contributed by atoms with Crippen molar-refractivity contribution in [3.05, 3.63) is 30.3 Å². The number of hydrogen-bond acceptors (Lipinski definition) is 3. The summed E-state index contributed by atoms with van der Waals surface area (Å²) in [6, 6.07) is 9.80. The van der Waals surface area contributed by atoms with E-state index in [-0.39, 0.29) is 5.92 Å². The van der Waals surface area contributed by atoms with Gasteiger partial charge in [-0.05, 0) is 25.5 Å². The number of para-hydroxylation sites is 1. The van der Waals surface area contributed by atoms with Crippen LogP contribution in [0.5, 0.6) is 0 Å². The number of amidine groups is 1. The van der Waals surface area contributed by atoms with Gasteiger partial charge in [-0.3, -0.25) is 0 Å². The molecule has 4 heteroatoms. The number of benzene rings is 1. The highest BCUT2D eigenvalue weighted by atomic mass is 16.5. The lowest BCUT2D eigenvalue weighted by Gasteiger charge is -2.11. The molecule has 1 fully saturated rings. The topological polar surface area (TPSA) is 59.6 Å². The lowest BCUT2D eigenvalue weighted by molar-refractivity contribution is 0.123. The third-order valence-electron chi connectivity index (χ3n) is 2.74. The number of hydrazine groups is 1. The van der Waals surface area contributed by atoms with Crippen molar-refractivity contribution in [1.82, 2.24) is 5.43 Å². The van der Waals surface area contributed by atoms with Gasteiger partial charge in [-0.1, -0.05) is 18.2 Å². The molecule has 2 unspecified atom stereocenters. The SMILES string of the molecule is CC1CC(C(=Nc2ccccc2)NN)CO1. The molecule has 0 amide bonds. The largest absolute Gasteiger partial charge is 0.378 e. The summed E-state index contributed by atoms with van der Waals surface area (Å²) < 4.78 is 5.51. The fraction of sp³-hybridized carbons (Fsp3) is 0.417. The van der Waals surface area contributed by atoms with Crippen LogP contribution < -0.4 is 11.3 Å². The molecule has 3 N–H and O–H groups in total. The molecule has 4 nitrogen and oxygen atoms in total. The van der Waals surface area contributed by atoms with Crippen molar-refractivity contribution in [1.29, 1.82) is 0 Å². The number of rotatable bonds is 2. The minimum atomic E-state index is 0.278. The van der Waals surface area contributed by atoms with Crippen molar-refractivity contribution >= 4 is 11.5 Å². The molecular weight excluding hydrogens is 202 g/mol. The van der Waals surface area contributed by atoms with Gasteiger partial charge in [0, 0.05) is 5.92 Å². The van der Waals surface area contributed by atoms with Crippen LogP contribution in [0.3, 0.4) is 0 Å². The highest BCUT2D eigenvalue weighted by Gasteiger charge is 2.26. The van der Waals surface area contributed by atoms with E-state index in [2.05, 4.69) is 17.3 Å². The van der Waals surface area contributed by atoms with Gasteiger partial charge in [0.25, 0.3) is 0 Å². The molecule has 1 aromatic carbocycles. The van der Waals surface area contributed by atoms with Gasteiger partial charge in [-0.25, -0.2) is 10.8 Å². The third kappa shape index (κ3) is 2.59. The number of nitrogens with zero attached hydrogens (tertiary/aromatic N) is 1. The Balaban J connectivity index is 2.13. The highest BCUT2D eigenvalue weighted by Crippen LogP contribution is 2.21. The van der Waals surface area contributed by atoms with Gasteiger partial charge in [-0.15, -0.1) is 0 Å². The first-order valence-electron chi connectivity index (χ1n) is 5.51. The molecule has 1 aromatic rings. The van der Waals surface area contributed by atoms with Crippen LogP contribution >= 0.6 is 0 Å².